The summed E-state index contributed by atoms with van der Waals surface area (Å²) in [5.41, 5.74) is 5.33. The van der Waals surface area contributed by atoms with Crippen molar-refractivity contribution in [2.24, 2.45) is 11.7 Å². The third-order valence-corrected chi connectivity index (χ3v) is 2.82. The maximum atomic E-state index is 9.73. The van der Waals surface area contributed by atoms with Crippen LogP contribution >= 0.6 is 0 Å². The Bertz CT molecular complexity index is 202. The Balaban J connectivity index is 2.50. The molecule has 0 radical (unpaired) electrons. The Morgan fingerprint density at radius 2 is 2.00 bits per heavy atom. The van der Waals surface area contributed by atoms with Crippen molar-refractivity contribution in [1.82, 2.24) is 0 Å². The number of ether oxygens (including phenoxy) is 2. The van der Waals surface area contributed by atoms with Gasteiger partial charge < -0.3 is 30.5 Å². The predicted molar refractivity (Wildman–Crippen MR) is 56.5 cm³/mol. The minimum atomic E-state index is -1.07. The number of hydrogen-bond donors (Lipinski definition) is 4. The molecule has 6 heteroatoms. The number of hydrogen-bond acceptors (Lipinski definition) is 6. The minimum absolute atomic E-state index is 0.337. The highest BCUT2D eigenvalue weighted by Gasteiger charge is 2.42. The first-order chi connectivity index (χ1) is 7.61. The van der Waals surface area contributed by atoms with Crippen molar-refractivity contribution in [3.05, 3.63) is 0 Å². The quantitative estimate of drug-likeness (QED) is 0.429. The average molecular weight is 235 g/mol. The van der Waals surface area contributed by atoms with Crippen LogP contribution < -0.4 is 5.73 Å². The zero-order valence-corrected chi connectivity index (χ0v) is 9.45. The number of nitrogens with two attached hydrogens (primary N) is 1. The fraction of sp³-hybridized carbons (Fsp3) is 1.00. The summed E-state index contributed by atoms with van der Waals surface area (Å²) in [5, 5.41) is 28.3. The zero-order chi connectivity index (χ0) is 12.1. The molecule has 16 heavy (non-hydrogen) atoms. The Hall–Kier alpha value is -0.240. The van der Waals surface area contributed by atoms with Gasteiger partial charge in [-0.1, -0.05) is 6.92 Å². The second-order valence-electron chi connectivity index (χ2n) is 4.08. The van der Waals surface area contributed by atoms with E-state index in [2.05, 4.69) is 0 Å². The van der Waals surface area contributed by atoms with Crippen LogP contribution in [0.15, 0.2) is 0 Å². The summed E-state index contributed by atoms with van der Waals surface area (Å²) in [5.74, 6) is -0.337. The van der Waals surface area contributed by atoms with E-state index in [9.17, 15) is 10.2 Å². The molecule has 1 fully saturated rings. The van der Waals surface area contributed by atoms with Gasteiger partial charge in [0.1, 0.15) is 12.2 Å². The van der Waals surface area contributed by atoms with Gasteiger partial charge in [0.05, 0.1) is 19.3 Å². The minimum Gasteiger partial charge on any atom is -0.394 e. The van der Waals surface area contributed by atoms with Crippen molar-refractivity contribution in [1.29, 1.82) is 0 Å². The molecule has 5 N–H and O–H groups in total. The second kappa shape index (κ2) is 6.48. The van der Waals surface area contributed by atoms with Gasteiger partial charge in [0.25, 0.3) is 0 Å². The lowest BCUT2D eigenvalue weighted by molar-refractivity contribution is -0.282. The average Bonchev–Trinajstić information content (AvgIpc) is 2.29. The first-order valence-corrected chi connectivity index (χ1v) is 5.56. The first kappa shape index (κ1) is 13.8. The number of aliphatic hydroxyl groups is 3. The molecule has 0 spiro atoms. The van der Waals surface area contributed by atoms with Gasteiger partial charge in [0.2, 0.25) is 0 Å². The SMILES string of the molecule is CC1[C@@H](OCCCN)OC(CO)[C@H](O)[C@@H]1O. The van der Waals surface area contributed by atoms with E-state index < -0.39 is 24.6 Å². The predicted octanol–water partition coefficient (Wildman–Crippen LogP) is -1.57. The molecule has 0 aliphatic carbocycles. The van der Waals surface area contributed by atoms with Gasteiger partial charge in [-0.2, -0.15) is 0 Å². The highest BCUT2D eigenvalue weighted by Crippen LogP contribution is 2.26. The van der Waals surface area contributed by atoms with Gasteiger partial charge in [0, 0.05) is 5.92 Å². The molecular formula is C10H21NO5. The van der Waals surface area contributed by atoms with E-state index in [0.717, 1.165) is 0 Å². The van der Waals surface area contributed by atoms with Crippen molar-refractivity contribution in [3.8, 4) is 0 Å². The van der Waals surface area contributed by atoms with E-state index in [1.54, 1.807) is 6.92 Å². The van der Waals surface area contributed by atoms with Crippen molar-refractivity contribution < 1.29 is 24.8 Å². The van der Waals surface area contributed by atoms with E-state index >= 15 is 0 Å². The lowest BCUT2D eigenvalue weighted by Gasteiger charge is -2.40. The Morgan fingerprint density at radius 3 is 2.56 bits per heavy atom. The van der Waals surface area contributed by atoms with Gasteiger partial charge in [-0.05, 0) is 13.0 Å². The molecule has 1 heterocycles. The fourth-order valence-electron chi connectivity index (χ4n) is 1.69. The molecule has 5 atom stereocenters. The molecule has 0 saturated carbocycles. The molecule has 0 aromatic rings. The molecule has 0 aromatic carbocycles. The molecule has 1 rings (SSSR count). The maximum absolute atomic E-state index is 9.73. The third-order valence-electron chi connectivity index (χ3n) is 2.82. The Morgan fingerprint density at radius 1 is 1.31 bits per heavy atom. The molecule has 1 aliphatic rings. The largest absolute Gasteiger partial charge is 0.394 e. The van der Waals surface area contributed by atoms with Crippen molar-refractivity contribution >= 4 is 0 Å². The van der Waals surface area contributed by atoms with Crippen LogP contribution in [0.3, 0.4) is 0 Å². The molecule has 1 aliphatic heterocycles. The normalized spacial score (nSPS) is 39.9. The van der Waals surface area contributed by atoms with E-state index in [-0.39, 0.29) is 12.5 Å². The number of rotatable bonds is 5. The highest BCUT2D eigenvalue weighted by atomic mass is 16.7. The smallest absolute Gasteiger partial charge is 0.163 e. The molecule has 2 unspecified atom stereocenters. The van der Waals surface area contributed by atoms with Gasteiger partial charge in [-0.3, -0.25) is 0 Å². The fourth-order valence-corrected chi connectivity index (χ4v) is 1.69. The Labute approximate surface area is 95.0 Å². The standard InChI is InChI=1S/C10H21NO5/c1-6-8(13)9(14)7(5-12)16-10(6)15-4-2-3-11/h6-10,12-14H,2-5,11H2,1H3/t6?,7?,8-,9+,10+/m1/s1. The van der Waals surface area contributed by atoms with Crippen LogP contribution in [-0.2, 0) is 9.47 Å². The maximum Gasteiger partial charge on any atom is 0.163 e. The van der Waals surface area contributed by atoms with Gasteiger partial charge in [-0.15, -0.1) is 0 Å². The lowest BCUT2D eigenvalue weighted by atomic mass is 9.92. The van der Waals surface area contributed by atoms with Crippen LogP contribution in [0, 0.1) is 5.92 Å². The van der Waals surface area contributed by atoms with Crippen LogP contribution in [-0.4, -0.2) is 59.7 Å². The third kappa shape index (κ3) is 3.13. The highest BCUT2D eigenvalue weighted by molar-refractivity contribution is 4.86. The van der Waals surface area contributed by atoms with Crippen molar-refractivity contribution in [2.75, 3.05) is 19.8 Å². The van der Waals surface area contributed by atoms with Crippen LogP contribution in [0.4, 0.5) is 0 Å². The van der Waals surface area contributed by atoms with E-state index in [4.69, 9.17) is 20.3 Å². The second-order valence-corrected chi connectivity index (χ2v) is 4.08. The zero-order valence-electron chi connectivity index (χ0n) is 9.45. The molecule has 96 valence electrons. The van der Waals surface area contributed by atoms with E-state index in [0.29, 0.717) is 19.6 Å². The summed E-state index contributed by atoms with van der Waals surface area (Å²) in [6.45, 7) is 2.35. The topological polar surface area (TPSA) is 105 Å². The van der Waals surface area contributed by atoms with Crippen molar-refractivity contribution in [3.63, 3.8) is 0 Å². The summed E-state index contributed by atoms with van der Waals surface area (Å²) in [6, 6.07) is 0. The summed E-state index contributed by atoms with van der Waals surface area (Å²) in [6.07, 6.45) is -2.73. The first-order valence-electron chi connectivity index (χ1n) is 5.56. The molecule has 0 aromatic heterocycles. The number of aliphatic hydroxyl groups excluding tert-OH is 3. The van der Waals surface area contributed by atoms with Crippen LogP contribution in [0.5, 0.6) is 0 Å². The summed E-state index contributed by atoms with van der Waals surface area (Å²) in [7, 11) is 0. The van der Waals surface area contributed by atoms with E-state index in [1.165, 1.54) is 0 Å². The molecule has 6 nitrogen and oxygen atoms in total. The van der Waals surface area contributed by atoms with Crippen LogP contribution in [0.2, 0.25) is 0 Å². The molecule has 0 amide bonds. The monoisotopic (exact) mass is 235 g/mol. The van der Waals surface area contributed by atoms with Gasteiger partial charge in [0.15, 0.2) is 6.29 Å². The Kier molecular flexibility index (Phi) is 5.60. The van der Waals surface area contributed by atoms with E-state index in [1.807, 2.05) is 0 Å². The summed E-state index contributed by atoms with van der Waals surface area (Å²) < 4.78 is 10.8. The molecule has 0 bridgehead atoms. The van der Waals surface area contributed by atoms with Gasteiger partial charge in [-0.25, -0.2) is 0 Å². The van der Waals surface area contributed by atoms with Gasteiger partial charge >= 0.3 is 0 Å². The van der Waals surface area contributed by atoms with Crippen LogP contribution in [0.1, 0.15) is 13.3 Å². The molecular weight excluding hydrogens is 214 g/mol. The summed E-state index contributed by atoms with van der Waals surface area (Å²) >= 11 is 0. The van der Waals surface area contributed by atoms with Crippen LogP contribution in [0.25, 0.3) is 0 Å². The lowest BCUT2D eigenvalue weighted by Crippen LogP contribution is -2.55. The summed E-state index contributed by atoms with van der Waals surface area (Å²) in [4.78, 5) is 0. The molecule has 1 saturated heterocycles. The van der Waals surface area contributed by atoms with Crippen molar-refractivity contribution in [2.45, 2.75) is 37.9 Å².